The SMILES string of the molecule is C[N+]1(C)CCC(OC(=O)[C@](O)(c2ccc(Br)cc2)[C@@H]2CCC(F)(F)C2)CC1.[Br-]. The second kappa shape index (κ2) is 8.66. The van der Waals surface area contributed by atoms with Crippen LogP contribution in [0.4, 0.5) is 8.78 Å². The Hall–Kier alpha value is -0.570. The number of hydrogen-bond acceptors (Lipinski definition) is 3. The molecule has 8 heteroatoms. The monoisotopic (exact) mass is 525 g/mol. The largest absolute Gasteiger partial charge is 1.00 e. The molecule has 2 aliphatic rings. The molecule has 0 radical (unpaired) electrons. The van der Waals surface area contributed by atoms with E-state index in [9.17, 15) is 18.7 Å². The van der Waals surface area contributed by atoms with Gasteiger partial charge in [0.2, 0.25) is 5.92 Å². The maximum Gasteiger partial charge on any atom is 0.343 e. The van der Waals surface area contributed by atoms with Crippen molar-refractivity contribution in [3.63, 3.8) is 0 Å². The van der Waals surface area contributed by atoms with Gasteiger partial charge in [-0.25, -0.2) is 13.6 Å². The highest BCUT2D eigenvalue weighted by Crippen LogP contribution is 2.48. The van der Waals surface area contributed by atoms with E-state index < -0.39 is 29.8 Å². The molecular formula is C20H27Br2F2NO3. The van der Waals surface area contributed by atoms with E-state index in [1.54, 1.807) is 24.3 Å². The zero-order valence-electron chi connectivity index (χ0n) is 16.1. The second-order valence-electron chi connectivity index (χ2n) is 8.56. The Morgan fingerprint density at radius 2 is 1.79 bits per heavy atom. The number of benzene rings is 1. The summed E-state index contributed by atoms with van der Waals surface area (Å²) in [5.41, 5.74) is -1.74. The Labute approximate surface area is 183 Å². The molecular weight excluding hydrogens is 500 g/mol. The van der Waals surface area contributed by atoms with Crippen LogP contribution in [0.2, 0.25) is 0 Å². The molecule has 1 saturated carbocycles. The van der Waals surface area contributed by atoms with Gasteiger partial charge in [-0.1, -0.05) is 28.1 Å². The van der Waals surface area contributed by atoms with E-state index in [0.717, 1.165) is 22.0 Å². The number of alkyl halides is 2. The molecule has 158 valence electrons. The first kappa shape index (κ1) is 23.7. The summed E-state index contributed by atoms with van der Waals surface area (Å²) in [7, 11) is 4.24. The van der Waals surface area contributed by atoms with Crippen LogP contribution < -0.4 is 17.0 Å². The van der Waals surface area contributed by atoms with E-state index in [-0.39, 0.29) is 35.9 Å². The van der Waals surface area contributed by atoms with Crippen LogP contribution in [0, 0.1) is 5.92 Å². The predicted octanol–water partition coefficient (Wildman–Crippen LogP) is 0.858. The van der Waals surface area contributed by atoms with Crippen molar-refractivity contribution in [1.29, 1.82) is 0 Å². The number of halogens is 4. The molecule has 1 aromatic rings. The molecule has 1 N–H and O–H groups in total. The number of likely N-dealkylation sites (tertiary alicyclic amines) is 1. The molecule has 1 aliphatic heterocycles. The van der Waals surface area contributed by atoms with E-state index in [4.69, 9.17) is 4.74 Å². The average molecular weight is 527 g/mol. The van der Waals surface area contributed by atoms with Crippen molar-refractivity contribution < 1.29 is 44.9 Å². The highest BCUT2D eigenvalue weighted by atomic mass is 79.9. The van der Waals surface area contributed by atoms with Crippen molar-refractivity contribution in [2.45, 2.75) is 49.7 Å². The van der Waals surface area contributed by atoms with Crippen LogP contribution in [-0.2, 0) is 15.1 Å². The maximum absolute atomic E-state index is 13.8. The molecule has 2 atom stereocenters. The molecule has 3 rings (SSSR count). The summed E-state index contributed by atoms with van der Waals surface area (Å²) in [6.45, 7) is 1.74. The average Bonchev–Trinajstić information content (AvgIpc) is 2.97. The van der Waals surface area contributed by atoms with Gasteiger partial charge in [-0.3, -0.25) is 0 Å². The van der Waals surface area contributed by atoms with E-state index in [1.165, 1.54) is 0 Å². The summed E-state index contributed by atoms with van der Waals surface area (Å²) in [6, 6.07) is 6.59. The van der Waals surface area contributed by atoms with Gasteiger partial charge in [0.1, 0.15) is 6.10 Å². The fourth-order valence-electron chi connectivity index (χ4n) is 4.13. The first-order chi connectivity index (χ1) is 12.5. The van der Waals surface area contributed by atoms with Gasteiger partial charge in [-0.15, -0.1) is 0 Å². The maximum atomic E-state index is 13.8. The van der Waals surface area contributed by atoms with Gasteiger partial charge in [0.25, 0.3) is 0 Å². The number of esters is 1. The third kappa shape index (κ3) is 5.12. The normalized spacial score (nSPS) is 26.1. The fourth-order valence-corrected chi connectivity index (χ4v) is 4.40. The van der Waals surface area contributed by atoms with Gasteiger partial charge in [-0.05, 0) is 24.1 Å². The van der Waals surface area contributed by atoms with Crippen LogP contribution >= 0.6 is 15.9 Å². The molecule has 1 heterocycles. The van der Waals surface area contributed by atoms with E-state index >= 15 is 0 Å². The van der Waals surface area contributed by atoms with Crippen molar-refractivity contribution >= 4 is 21.9 Å². The fraction of sp³-hybridized carbons (Fsp3) is 0.650. The molecule has 2 fully saturated rings. The smallest absolute Gasteiger partial charge is 0.343 e. The van der Waals surface area contributed by atoms with E-state index in [0.29, 0.717) is 18.4 Å². The molecule has 1 saturated heterocycles. The summed E-state index contributed by atoms with van der Waals surface area (Å²) in [5.74, 6) is -4.53. The molecule has 4 nitrogen and oxygen atoms in total. The summed E-state index contributed by atoms with van der Waals surface area (Å²) in [4.78, 5) is 13.0. The minimum absolute atomic E-state index is 0. The van der Waals surface area contributed by atoms with Crippen molar-refractivity contribution in [3.8, 4) is 0 Å². The quantitative estimate of drug-likeness (QED) is 0.467. The number of carbonyl (C=O) groups is 1. The van der Waals surface area contributed by atoms with Gasteiger partial charge in [0.15, 0.2) is 5.60 Å². The number of carbonyl (C=O) groups excluding carboxylic acids is 1. The lowest BCUT2D eigenvalue weighted by atomic mass is 9.80. The van der Waals surface area contributed by atoms with Gasteiger partial charge >= 0.3 is 5.97 Å². The van der Waals surface area contributed by atoms with Crippen LogP contribution in [0.15, 0.2) is 28.7 Å². The van der Waals surface area contributed by atoms with Crippen molar-refractivity contribution in [1.82, 2.24) is 0 Å². The van der Waals surface area contributed by atoms with E-state index in [1.807, 2.05) is 0 Å². The van der Waals surface area contributed by atoms with Gasteiger partial charge < -0.3 is 31.3 Å². The lowest BCUT2D eigenvalue weighted by Crippen LogP contribution is -3.00. The summed E-state index contributed by atoms with van der Waals surface area (Å²) < 4.78 is 35.0. The van der Waals surface area contributed by atoms with Crippen molar-refractivity contribution in [2.75, 3.05) is 27.2 Å². The molecule has 0 bridgehead atoms. The number of ether oxygens (including phenoxy) is 1. The Kier molecular flexibility index (Phi) is 7.33. The molecule has 1 aromatic carbocycles. The molecule has 28 heavy (non-hydrogen) atoms. The first-order valence-electron chi connectivity index (χ1n) is 9.41. The Bertz CT molecular complexity index is 689. The Balaban J connectivity index is 0.00000280. The topological polar surface area (TPSA) is 46.5 Å². The third-order valence-corrected chi connectivity index (χ3v) is 6.51. The minimum Gasteiger partial charge on any atom is -1.00 e. The van der Waals surface area contributed by atoms with Crippen LogP contribution in [0.5, 0.6) is 0 Å². The van der Waals surface area contributed by atoms with Gasteiger partial charge in [-0.2, -0.15) is 0 Å². The van der Waals surface area contributed by atoms with Gasteiger partial charge in [0, 0.05) is 36.1 Å². The number of nitrogens with zero attached hydrogens (tertiary/aromatic N) is 1. The Morgan fingerprint density at radius 1 is 1.21 bits per heavy atom. The Morgan fingerprint density at radius 3 is 2.29 bits per heavy atom. The molecule has 0 aromatic heterocycles. The van der Waals surface area contributed by atoms with Crippen LogP contribution in [0.25, 0.3) is 0 Å². The molecule has 1 aliphatic carbocycles. The summed E-state index contributed by atoms with van der Waals surface area (Å²) in [6.07, 6.45) is 0.379. The minimum atomic E-state index is -2.86. The molecule has 0 spiro atoms. The summed E-state index contributed by atoms with van der Waals surface area (Å²) >= 11 is 3.32. The first-order valence-corrected chi connectivity index (χ1v) is 10.2. The number of piperidine rings is 1. The van der Waals surface area contributed by atoms with Crippen LogP contribution in [-0.4, -0.2) is 54.8 Å². The van der Waals surface area contributed by atoms with Crippen LogP contribution in [0.3, 0.4) is 0 Å². The lowest BCUT2D eigenvalue weighted by Gasteiger charge is -2.38. The number of quaternary nitrogens is 1. The standard InChI is InChI=1S/C20H27BrF2NO3.BrH/c1-24(2)11-8-17(9-12-24)27-18(25)20(26,14-3-5-16(21)6-4-14)15-7-10-19(22,23)13-15;/h3-6,15,17,26H,7-13H2,1-2H3;1H/q+1;/p-1/t15-,20+;/m1./s1. The number of hydrogen-bond donors (Lipinski definition) is 1. The second-order valence-corrected chi connectivity index (χ2v) is 9.47. The van der Waals surface area contributed by atoms with Crippen molar-refractivity contribution in [3.05, 3.63) is 34.3 Å². The van der Waals surface area contributed by atoms with Gasteiger partial charge in [0.05, 0.1) is 27.2 Å². The number of aliphatic hydroxyl groups is 1. The number of rotatable bonds is 4. The zero-order valence-corrected chi connectivity index (χ0v) is 19.3. The molecule has 0 amide bonds. The van der Waals surface area contributed by atoms with Crippen LogP contribution in [0.1, 0.15) is 37.7 Å². The molecule has 0 unspecified atom stereocenters. The van der Waals surface area contributed by atoms with Crippen molar-refractivity contribution in [2.24, 2.45) is 5.92 Å². The highest BCUT2D eigenvalue weighted by Gasteiger charge is 2.55. The lowest BCUT2D eigenvalue weighted by molar-refractivity contribution is -0.896. The summed E-state index contributed by atoms with van der Waals surface area (Å²) in [5, 5.41) is 11.4. The third-order valence-electron chi connectivity index (χ3n) is 5.98. The predicted molar refractivity (Wildman–Crippen MR) is 101 cm³/mol. The van der Waals surface area contributed by atoms with E-state index in [2.05, 4.69) is 30.0 Å². The highest BCUT2D eigenvalue weighted by molar-refractivity contribution is 9.10. The zero-order chi connectivity index (χ0) is 19.9.